The number of hydrogen-bond donors (Lipinski definition) is 1. The first kappa shape index (κ1) is 19.7. The SMILES string of the molecule is FC(F)(F)c1ccc(Nc2cnc3cc(-c4ncccc4C(F)(F)F)ccn23)cc1. The van der Waals surface area contributed by atoms with E-state index in [4.69, 9.17) is 0 Å². The van der Waals surface area contributed by atoms with Crippen LogP contribution in [-0.4, -0.2) is 14.4 Å². The first-order valence-corrected chi connectivity index (χ1v) is 8.57. The normalized spacial score (nSPS) is 12.3. The van der Waals surface area contributed by atoms with Crippen molar-refractivity contribution in [3.05, 3.63) is 78.2 Å². The van der Waals surface area contributed by atoms with Gasteiger partial charge in [0.25, 0.3) is 0 Å². The van der Waals surface area contributed by atoms with Crippen LogP contribution in [0.25, 0.3) is 16.9 Å². The van der Waals surface area contributed by atoms with E-state index in [1.807, 2.05) is 0 Å². The first-order chi connectivity index (χ1) is 14.1. The van der Waals surface area contributed by atoms with Crippen molar-refractivity contribution in [1.82, 2.24) is 14.4 Å². The number of nitrogens with one attached hydrogen (secondary N) is 1. The van der Waals surface area contributed by atoms with Crippen molar-refractivity contribution in [2.24, 2.45) is 0 Å². The van der Waals surface area contributed by atoms with Crippen molar-refractivity contribution in [1.29, 1.82) is 0 Å². The Morgan fingerprint density at radius 3 is 2.23 bits per heavy atom. The lowest BCUT2D eigenvalue weighted by Gasteiger charge is -2.12. The molecule has 0 aliphatic rings. The molecule has 0 radical (unpaired) electrons. The van der Waals surface area contributed by atoms with Gasteiger partial charge in [0.15, 0.2) is 0 Å². The molecular formula is C20H12F6N4. The van der Waals surface area contributed by atoms with Crippen molar-refractivity contribution in [2.75, 3.05) is 5.32 Å². The molecule has 4 rings (SSSR count). The smallest absolute Gasteiger partial charge is 0.340 e. The molecule has 0 amide bonds. The molecule has 1 N–H and O–H groups in total. The first-order valence-electron chi connectivity index (χ1n) is 8.57. The van der Waals surface area contributed by atoms with E-state index in [-0.39, 0.29) is 11.3 Å². The van der Waals surface area contributed by atoms with Crippen molar-refractivity contribution in [3.8, 4) is 11.3 Å². The van der Waals surface area contributed by atoms with E-state index >= 15 is 0 Å². The van der Waals surface area contributed by atoms with Gasteiger partial charge in [-0.25, -0.2) is 4.98 Å². The Bertz CT molecular complexity index is 1190. The maximum atomic E-state index is 13.3. The number of anilines is 2. The zero-order chi connectivity index (χ0) is 21.5. The van der Waals surface area contributed by atoms with Crippen LogP contribution >= 0.6 is 0 Å². The fraction of sp³-hybridized carbons (Fsp3) is 0.100. The average Bonchev–Trinajstić information content (AvgIpc) is 3.09. The van der Waals surface area contributed by atoms with Crippen LogP contribution in [0.4, 0.5) is 37.8 Å². The maximum absolute atomic E-state index is 13.3. The molecule has 4 aromatic rings. The highest BCUT2D eigenvalue weighted by molar-refractivity contribution is 5.70. The number of pyridine rings is 2. The highest BCUT2D eigenvalue weighted by Gasteiger charge is 2.34. The standard InChI is InChI=1S/C20H12F6N4/c21-19(22,23)13-3-5-14(6-4-13)29-17-11-28-16-10-12(7-9-30(16)17)18-15(20(24,25)26)2-1-8-27-18/h1-11,29H. The molecule has 0 saturated heterocycles. The van der Waals surface area contributed by atoms with E-state index in [0.29, 0.717) is 17.2 Å². The van der Waals surface area contributed by atoms with E-state index in [2.05, 4.69) is 15.3 Å². The summed E-state index contributed by atoms with van der Waals surface area (Å²) in [7, 11) is 0. The van der Waals surface area contributed by atoms with Gasteiger partial charge in [0.05, 0.1) is 23.0 Å². The molecule has 0 aliphatic heterocycles. The lowest BCUT2D eigenvalue weighted by atomic mass is 10.1. The Labute approximate surface area is 165 Å². The number of halogens is 6. The second-order valence-electron chi connectivity index (χ2n) is 6.38. The number of hydrogen-bond acceptors (Lipinski definition) is 3. The van der Waals surface area contributed by atoms with E-state index < -0.39 is 23.5 Å². The van der Waals surface area contributed by atoms with Crippen molar-refractivity contribution in [3.63, 3.8) is 0 Å². The number of imidazole rings is 1. The van der Waals surface area contributed by atoms with Crippen molar-refractivity contribution in [2.45, 2.75) is 12.4 Å². The molecule has 3 heterocycles. The molecule has 0 unspecified atom stereocenters. The lowest BCUT2D eigenvalue weighted by molar-refractivity contribution is -0.138. The third-order valence-electron chi connectivity index (χ3n) is 4.38. The summed E-state index contributed by atoms with van der Waals surface area (Å²) in [5, 5.41) is 2.94. The monoisotopic (exact) mass is 422 g/mol. The van der Waals surface area contributed by atoms with Gasteiger partial charge < -0.3 is 5.32 Å². The number of fused-ring (bicyclic) bond motifs is 1. The van der Waals surface area contributed by atoms with Crippen LogP contribution in [0.2, 0.25) is 0 Å². The van der Waals surface area contributed by atoms with E-state index in [0.717, 1.165) is 18.2 Å². The summed E-state index contributed by atoms with van der Waals surface area (Å²) in [6.45, 7) is 0. The van der Waals surface area contributed by atoms with Crippen molar-refractivity contribution < 1.29 is 26.3 Å². The van der Waals surface area contributed by atoms with Gasteiger partial charge in [-0.1, -0.05) is 0 Å². The van der Waals surface area contributed by atoms with Crippen LogP contribution in [0, 0.1) is 0 Å². The summed E-state index contributed by atoms with van der Waals surface area (Å²) in [6.07, 6.45) is -4.77. The zero-order valence-electron chi connectivity index (χ0n) is 15.0. The molecular weight excluding hydrogens is 410 g/mol. The number of rotatable bonds is 3. The predicted molar refractivity (Wildman–Crippen MR) is 98.2 cm³/mol. The topological polar surface area (TPSA) is 42.2 Å². The summed E-state index contributed by atoms with van der Waals surface area (Å²) in [4.78, 5) is 8.02. The number of benzene rings is 1. The van der Waals surface area contributed by atoms with Gasteiger partial charge in [0.2, 0.25) is 0 Å². The molecule has 1 aromatic carbocycles. The molecule has 0 spiro atoms. The van der Waals surface area contributed by atoms with E-state index in [1.165, 1.54) is 48.9 Å². The minimum absolute atomic E-state index is 0.215. The quantitative estimate of drug-likeness (QED) is 0.401. The molecule has 3 aromatic heterocycles. The predicted octanol–water partition coefficient (Wildman–Crippen LogP) is 6.18. The minimum Gasteiger partial charge on any atom is -0.340 e. The summed E-state index contributed by atoms with van der Waals surface area (Å²) in [5.74, 6) is 0.438. The lowest BCUT2D eigenvalue weighted by Crippen LogP contribution is -2.08. The molecule has 0 atom stereocenters. The Balaban J connectivity index is 1.66. The van der Waals surface area contributed by atoms with Gasteiger partial charge in [-0.15, -0.1) is 0 Å². The number of alkyl halides is 6. The summed E-state index contributed by atoms with van der Waals surface area (Å²) < 4.78 is 79.4. The van der Waals surface area contributed by atoms with Gasteiger partial charge in [-0.3, -0.25) is 9.38 Å². The van der Waals surface area contributed by atoms with Crippen LogP contribution in [-0.2, 0) is 12.4 Å². The molecule has 30 heavy (non-hydrogen) atoms. The second-order valence-corrected chi connectivity index (χ2v) is 6.38. The molecule has 0 saturated carbocycles. The molecule has 0 fully saturated rings. The zero-order valence-corrected chi connectivity index (χ0v) is 15.0. The fourth-order valence-electron chi connectivity index (χ4n) is 2.97. The van der Waals surface area contributed by atoms with Gasteiger partial charge in [0, 0.05) is 23.6 Å². The van der Waals surface area contributed by atoms with E-state index in [1.54, 1.807) is 4.40 Å². The Hall–Kier alpha value is -3.56. The molecule has 154 valence electrons. The fourth-order valence-corrected chi connectivity index (χ4v) is 2.97. The van der Waals surface area contributed by atoms with E-state index in [9.17, 15) is 26.3 Å². The van der Waals surface area contributed by atoms with Gasteiger partial charge in [0.1, 0.15) is 11.5 Å². The van der Waals surface area contributed by atoms with Crippen LogP contribution in [0.15, 0.2) is 67.1 Å². The van der Waals surface area contributed by atoms with Gasteiger partial charge in [-0.2, -0.15) is 26.3 Å². The minimum atomic E-state index is -4.56. The summed E-state index contributed by atoms with van der Waals surface area (Å²) in [5.41, 5.74) is -0.857. The molecule has 4 nitrogen and oxygen atoms in total. The van der Waals surface area contributed by atoms with Crippen LogP contribution in [0.5, 0.6) is 0 Å². The Kier molecular flexibility index (Phi) is 4.64. The third kappa shape index (κ3) is 3.80. The molecule has 0 bridgehead atoms. The maximum Gasteiger partial charge on any atom is 0.418 e. The van der Waals surface area contributed by atoms with Crippen molar-refractivity contribution >= 4 is 17.2 Å². The summed E-state index contributed by atoms with van der Waals surface area (Å²) in [6, 6.07) is 9.54. The van der Waals surface area contributed by atoms with Crippen LogP contribution < -0.4 is 5.32 Å². The highest BCUT2D eigenvalue weighted by Crippen LogP contribution is 2.36. The Morgan fingerprint density at radius 2 is 1.57 bits per heavy atom. The van der Waals surface area contributed by atoms with Gasteiger partial charge in [-0.05, 0) is 48.5 Å². The largest absolute Gasteiger partial charge is 0.418 e. The Morgan fingerprint density at radius 1 is 0.833 bits per heavy atom. The highest BCUT2D eigenvalue weighted by atomic mass is 19.4. The third-order valence-corrected chi connectivity index (χ3v) is 4.38. The number of aromatic nitrogens is 3. The average molecular weight is 422 g/mol. The molecule has 0 aliphatic carbocycles. The van der Waals surface area contributed by atoms with Crippen LogP contribution in [0.3, 0.4) is 0 Å². The van der Waals surface area contributed by atoms with Crippen LogP contribution in [0.1, 0.15) is 11.1 Å². The summed E-state index contributed by atoms with van der Waals surface area (Å²) >= 11 is 0. The second kappa shape index (κ2) is 7.05. The molecule has 10 heteroatoms. The van der Waals surface area contributed by atoms with Gasteiger partial charge >= 0.3 is 12.4 Å². The number of nitrogens with zero attached hydrogens (tertiary/aromatic N) is 3.